The van der Waals surface area contributed by atoms with Gasteiger partial charge in [0.05, 0.1) is 12.7 Å². The molecule has 3 aromatic rings. The molecule has 0 unspecified atom stereocenters. The van der Waals surface area contributed by atoms with E-state index < -0.39 is 5.91 Å². The molecule has 24 heavy (non-hydrogen) atoms. The van der Waals surface area contributed by atoms with Crippen molar-refractivity contribution in [2.45, 2.75) is 6.54 Å². The summed E-state index contributed by atoms with van der Waals surface area (Å²) >= 11 is 0. The van der Waals surface area contributed by atoms with Crippen LogP contribution in [0.4, 0.5) is 5.69 Å². The number of rotatable bonds is 5. The zero-order valence-corrected chi connectivity index (χ0v) is 12.8. The summed E-state index contributed by atoms with van der Waals surface area (Å²) in [7, 11) is 0. The van der Waals surface area contributed by atoms with Gasteiger partial charge in [0.25, 0.3) is 5.91 Å². The molecule has 0 aliphatic heterocycles. The van der Waals surface area contributed by atoms with Crippen LogP contribution >= 0.6 is 0 Å². The van der Waals surface area contributed by atoms with Gasteiger partial charge >= 0.3 is 0 Å². The standard InChI is InChI=1S/C18H16N4O2/c23-18(11-20-24)21-17-8-6-14(7-9-17)12-22-13-16(10-19-22)15-4-2-1-3-5-15/h1-11,13,24H,12H2,(H,21,23)/b20-11+. The van der Waals surface area contributed by atoms with Crippen molar-refractivity contribution in [3.8, 4) is 11.1 Å². The van der Waals surface area contributed by atoms with Crippen LogP contribution in [0.2, 0.25) is 0 Å². The molecule has 6 heteroatoms. The van der Waals surface area contributed by atoms with E-state index in [9.17, 15) is 4.79 Å². The molecule has 120 valence electrons. The molecule has 0 saturated heterocycles. The lowest BCUT2D eigenvalue weighted by Gasteiger charge is -2.05. The quantitative estimate of drug-likeness (QED) is 0.431. The highest BCUT2D eigenvalue weighted by atomic mass is 16.4. The van der Waals surface area contributed by atoms with Crippen molar-refractivity contribution in [3.63, 3.8) is 0 Å². The minimum atomic E-state index is -0.482. The van der Waals surface area contributed by atoms with Crippen LogP contribution in [0.3, 0.4) is 0 Å². The van der Waals surface area contributed by atoms with Gasteiger partial charge in [-0.05, 0) is 23.3 Å². The zero-order chi connectivity index (χ0) is 16.8. The van der Waals surface area contributed by atoms with Gasteiger partial charge in [0.2, 0.25) is 0 Å². The maximum absolute atomic E-state index is 11.3. The molecule has 0 aliphatic rings. The van der Waals surface area contributed by atoms with Crippen molar-refractivity contribution in [3.05, 3.63) is 72.6 Å². The minimum absolute atomic E-state index is 0.482. The largest absolute Gasteiger partial charge is 0.411 e. The molecule has 0 radical (unpaired) electrons. The number of hydrogen-bond donors (Lipinski definition) is 2. The van der Waals surface area contributed by atoms with Gasteiger partial charge in [0.1, 0.15) is 6.21 Å². The van der Waals surface area contributed by atoms with Gasteiger partial charge < -0.3 is 10.5 Å². The van der Waals surface area contributed by atoms with Crippen LogP contribution in [0, 0.1) is 0 Å². The SMILES string of the molecule is O=C(/C=N/O)Nc1ccc(Cn2cc(-c3ccccc3)cn2)cc1. The lowest BCUT2D eigenvalue weighted by Crippen LogP contribution is -2.12. The fraction of sp³-hybridized carbons (Fsp3) is 0.0556. The zero-order valence-electron chi connectivity index (χ0n) is 12.8. The maximum Gasteiger partial charge on any atom is 0.270 e. The first-order valence-corrected chi connectivity index (χ1v) is 7.40. The first-order valence-electron chi connectivity index (χ1n) is 7.40. The molecule has 3 rings (SSSR count). The third-order valence-electron chi connectivity index (χ3n) is 3.48. The average molecular weight is 320 g/mol. The van der Waals surface area contributed by atoms with E-state index in [0.29, 0.717) is 12.2 Å². The minimum Gasteiger partial charge on any atom is -0.411 e. The highest BCUT2D eigenvalue weighted by molar-refractivity contribution is 6.31. The number of carbonyl (C=O) groups excluding carboxylic acids is 1. The third kappa shape index (κ3) is 3.86. The Morgan fingerprint density at radius 3 is 2.58 bits per heavy atom. The monoisotopic (exact) mass is 320 g/mol. The van der Waals surface area contributed by atoms with Crippen molar-refractivity contribution in [1.82, 2.24) is 9.78 Å². The second kappa shape index (κ2) is 7.23. The van der Waals surface area contributed by atoms with Gasteiger partial charge in [-0.25, -0.2) is 0 Å². The summed E-state index contributed by atoms with van der Waals surface area (Å²) in [4.78, 5) is 11.3. The second-order valence-electron chi connectivity index (χ2n) is 5.22. The van der Waals surface area contributed by atoms with Crippen LogP contribution in [-0.2, 0) is 11.3 Å². The Bertz CT molecular complexity index is 839. The predicted molar refractivity (Wildman–Crippen MR) is 92.1 cm³/mol. The van der Waals surface area contributed by atoms with Crippen LogP contribution in [0.1, 0.15) is 5.56 Å². The van der Waals surface area contributed by atoms with E-state index in [1.807, 2.05) is 47.4 Å². The number of nitrogens with one attached hydrogen (secondary N) is 1. The molecular weight excluding hydrogens is 304 g/mol. The molecule has 0 spiro atoms. The summed E-state index contributed by atoms with van der Waals surface area (Å²) in [5.74, 6) is -0.482. The van der Waals surface area contributed by atoms with Crippen molar-refractivity contribution >= 4 is 17.8 Å². The van der Waals surface area contributed by atoms with E-state index in [1.54, 1.807) is 12.1 Å². The Labute approximate surface area is 139 Å². The number of hydrogen-bond acceptors (Lipinski definition) is 4. The van der Waals surface area contributed by atoms with Gasteiger partial charge in [0, 0.05) is 17.4 Å². The van der Waals surface area contributed by atoms with Crippen molar-refractivity contribution < 1.29 is 10.0 Å². The van der Waals surface area contributed by atoms with Crippen molar-refractivity contribution in [2.75, 3.05) is 5.32 Å². The summed E-state index contributed by atoms with van der Waals surface area (Å²) in [6, 6.07) is 17.5. The molecule has 0 aliphatic carbocycles. The van der Waals surface area contributed by atoms with E-state index in [-0.39, 0.29) is 0 Å². The smallest absolute Gasteiger partial charge is 0.270 e. The Morgan fingerprint density at radius 2 is 1.88 bits per heavy atom. The predicted octanol–water partition coefficient (Wildman–Crippen LogP) is 3.00. The number of amides is 1. The maximum atomic E-state index is 11.3. The first-order chi connectivity index (χ1) is 11.7. The summed E-state index contributed by atoms with van der Waals surface area (Å²) in [5.41, 5.74) is 3.90. The van der Waals surface area contributed by atoms with Crippen molar-refractivity contribution in [2.24, 2.45) is 5.16 Å². The normalized spacial score (nSPS) is 10.8. The number of aromatic nitrogens is 2. The molecule has 2 aromatic carbocycles. The summed E-state index contributed by atoms with van der Waals surface area (Å²) < 4.78 is 1.87. The Kier molecular flexibility index (Phi) is 4.67. The summed E-state index contributed by atoms with van der Waals surface area (Å²) in [5, 5.41) is 18.0. The van der Waals surface area contributed by atoms with Gasteiger partial charge in [-0.3, -0.25) is 9.48 Å². The van der Waals surface area contributed by atoms with E-state index in [4.69, 9.17) is 5.21 Å². The Morgan fingerprint density at radius 1 is 1.12 bits per heavy atom. The van der Waals surface area contributed by atoms with Crippen LogP contribution in [0.15, 0.2) is 72.1 Å². The first kappa shape index (κ1) is 15.5. The molecular formula is C18H16N4O2. The summed E-state index contributed by atoms with van der Waals surface area (Å²) in [6.45, 7) is 0.638. The number of nitrogens with zero attached hydrogens (tertiary/aromatic N) is 3. The van der Waals surface area contributed by atoms with E-state index in [2.05, 4.69) is 27.7 Å². The molecule has 0 saturated carbocycles. The van der Waals surface area contributed by atoms with Gasteiger partial charge in [-0.2, -0.15) is 5.10 Å². The lowest BCUT2D eigenvalue weighted by atomic mass is 10.1. The van der Waals surface area contributed by atoms with E-state index in [1.165, 1.54) is 0 Å². The molecule has 0 bridgehead atoms. The van der Waals surface area contributed by atoms with E-state index in [0.717, 1.165) is 22.9 Å². The number of benzene rings is 2. The fourth-order valence-electron chi connectivity index (χ4n) is 2.34. The van der Waals surface area contributed by atoms with Crippen LogP contribution in [0.25, 0.3) is 11.1 Å². The average Bonchev–Trinajstić information content (AvgIpc) is 3.06. The van der Waals surface area contributed by atoms with Crippen molar-refractivity contribution in [1.29, 1.82) is 0 Å². The summed E-state index contributed by atoms with van der Waals surface area (Å²) in [6.07, 6.45) is 4.66. The van der Waals surface area contributed by atoms with Crippen LogP contribution < -0.4 is 5.32 Å². The molecule has 6 nitrogen and oxygen atoms in total. The highest BCUT2D eigenvalue weighted by Crippen LogP contribution is 2.18. The van der Waals surface area contributed by atoms with Gasteiger partial charge in [-0.1, -0.05) is 47.6 Å². The molecule has 1 heterocycles. The fourth-order valence-corrected chi connectivity index (χ4v) is 2.34. The molecule has 1 aromatic heterocycles. The van der Waals surface area contributed by atoms with Crippen LogP contribution in [-0.4, -0.2) is 27.1 Å². The molecule has 0 fully saturated rings. The Balaban J connectivity index is 1.66. The van der Waals surface area contributed by atoms with E-state index >= 15 is 0 Å². The molecule has 2 N–H and O–H groups in total. The highest BCUT2D eigenvalue weighted by Gasteiger charge is 2.03. The third-order valence-corrected chi connectivity index (χ3v) is 3.48. The Hall–Kier alpha value is -3.41. The lowest BCUT2D eigenvalue weighted by molar-refractivity contribution is -0.110. The van der Waals surface area contributed by atoms with Gasteiger partial charge in [-0.15, -0.1) is 0 Å². The molecule has 1 amide bonds. The van der Waals surface area contributed by atoms with Crippen LogP contribution in [0.5, 0.6) is 0 Å². The number of carbonyl (C=O) groups is 1. The molecule has 0 atom stereocenters. The second-order valence-corrected chi connectivity index (χ2v) is 5.22. The van der Waals surface area contributed by atoms with Gasteiger partial charge in [0.15, 0.2) is 0 Å². The number of anilines is 1. The topological polar surface area (TPSA) is 79.5 Å². The number of oxime groups is 1.